The van der Waals surface area contributed by atoms with Gasteiger partial charge in [-0.05, 0) is 42.3 Å². The van der Waals surface area contributed by atoms with Crippen molar-refractivity contribution < 1.29 is 14.3 Å². The minimum atomic E-state index is -0.123. The van der Waals surface area contributed by atoms with Gasteiger partial charge in [-0.15, -0.1) is 0 Å². The molecule has 2 aromatic rings. The second-order valence-corrected chi connectivity index (χ2v) is 6.67. The Morgan fingerprint density at radius 2 is 2.00 bits per heavy atom. The van der Waals surface area contributed by atoms with Crippen molar-refractivity contribution in [2.75, 3.05) is 16.8 Å². The molecule has 26 heavy (non-hydrogen) atoms. The fourth-order valence-corrected chi connectivity index (χ4v) is 2.91. The monoisotopic (exact) mass is 372 g/mol. The lowest BCUT2D eigenvalue weighted by Crippen LogP contribution is -2.38. The third-order valence-electron chi connectivity index (χ3n) is 4.20. The highest BCUT2D eigenvalue weighted by atomic mass is 35.5. The molecule has 0 radical (unpaired) electrons. The van der Waals surface area contributed by atoms with Crippen molar-refractivity contribution in [1.82, 2.24) is 0 Å². The lowest BCUT2D eigenvalue weighted by atomic mass is 10.1. The van der Waals surface area contributed by atoms with Gasteiger partial charge in [0, 0.05) is 17.1 Å². The fraction of sp³-hybridized carbons (Fsp3) is 0.300. The van der Waals surface area contributed by atoms with Gasteiger partial charge in [0.15, 0.2) is 6.61 Å². The van der Waals surface area contributed by atoms with E-state index in [2.05, 4.69) is 5.32 Å². The van der Waals surface area contributed by atoms with Gasteiger partial charge >= 0.3 is 0 Å². The van der Waals surface area contributed by atoms with E-state index in [0.29, 0.717) is 35.1 Å². The Balaban J connectivity index is 1.82. The summed E-state index contributed by atoms with van der Waals surface area (Å²) in [5, 5.41) is 3.54. The number of benzene rings is 2. The molecule has 1 aliphatic rings. The highest BCUT2D eigenvalue weighted by molar-refractivity contribution is 6.30. The van der Waals surface area contributed by atoms with Crippen LogP contribution in [-0.2, 0) is 16.1 Å². The molecule has 0 saturated heterocycles. The van der Waals surface area contributed by atoms with Crippen LogP contribution >= 0.6 is 11.6 Å². The minimum absolute atomic E-state index is 0.00277. The van der Waals surface area contributed by atoms with E-state index in [1.54, 1.807) is 35.2 Å². The highest BCUT2D eigenvalue weighted by Crippen LogP contribution is 2.35. The van der Waals surface area contributed by atoms with Gasteiger partial charge in [-0.25, -0.2) is 0 Å². The fourth-order valence-electron chi connectivity index (χ4n) is 2.79. The van der Waals surface area contributed by atoms with Crippen LogP contribution in [0.4, 0.5) is 11.4 Å². The molecule has 0 aliphatic carbocycles. The number of nitrogens with zero attached hydrogens (tertiary/aromatic N) is 1. The molecule has 1 aliphatic heterocycles. The summed E-state index contributed by atoms with van der Waals surface area (Å²) in [6, 6.07) is 12.7. The third kappa shape index (κ3) is 4.35. The number of ether oxygens (including phenoxy) is 1. The Morgan fingerprint density at radius 3 is 2.73 bits per heavy atom. The van der Waals surface area contributed by atoms with E-state index in [-0.39, 0.29) is 18.4 Å². The van der Waals surface area contributed by atoms with Gasteiger partial charge in [0.1, 0.15) is 5.75 Å². The predicted molar refractivity (Wildman–Crippen MR) is 103 cm³/mol. The van der Waals surface area contributed by atoms with Crippen LogP contribution in [0.3, 0.4) is 0 Å². The number of hydrogen-bond donors (Lipinski definition) is 1. The van der Waals surface area contributed by atoms with E-state index >= 15 is 0 Å². The molecule has 0 atom stereocenters. The van der Waals surface area contributed by atoms with E-state index < -0.39 is 0 Å². The van der Waals surface area contributed by atoms with E-state index in [1.807, 2.05) is 19.1 Å². The van der Waals surface area contributed by atoms with Gasteiger partial charge in [-0.3, -0.25) is 9.59 Å². The second-order valence-electron chi connectivity index (χ2n) is 6.23. The lowest BCUT2D eigenvalue weighted by molar-refractivity contribution is -0.121. The predicted octanol–water partition coefficient (Wildman–Crippen LogP) is 4.39. The maximum absolute atomic E-state index is 12.4. The molecule has 6 heteroatoms. The zero-order chi connectivity index (χ0) is 18.5. The van der Waals surface area contributed by atoms with Crippen molar-refractivity contribution in [2.24, 2.45) is 0 Å². The molecule has 3 rings (SSSR count). The van der Waals surface area contributed by atoms with Crippen molar-refractivity contribution in [3.8, 4) is 5.75 Å². The molecule has 2 aromatic carbocycles. The number of rotatable bonds is 6. The molecule has 0 fully saturated rings. The summed E-state index contributed by atoms with van der Waals surface area (Å²) in [6.45, 7) is 2.46. The van der Waals surface area contributed by atoms with E-state index in [4.69, 9.17) is 16.3 Å². The molecule has 0 aromatic heterocycles. The van der Waals surface area contributed by atoms with E-state index in [9.17, 15) is 9.59 Å². The summed E-state index contributed by atoms with van der Waals surface area (Å²) in [7, 11) is 0. The molecule has 136 valence electrons. The van der Waals surface area contributed by atoms with Crippen LogP contribution < -0.4 is 15.0 Å². The number of amides is 2. The maximum Gasteiger partial charge on any atom is 0.265 e. The molecule has 1 heterocycles. The molecular formula is C20H21ClN2O3. The molecule has 1 N–H and O–H groups in total. The molecule has 0 saturated carbocycles. The first-order valence-electron chi connectivity index (χ1n) is 8.68. The van der Waals surface area contributed by atoms with Crippen molar-refractivity contribution in [3.05, 3.63) is 53.1 Å². The smallest absolute Gasteiger partial charge is 0.265 e. The number of fused-ring (bicyclic) bond motifs is 1. The van der Waals surface area contributed by atoms with Crippen LogP contribution in [0, 0.1) is 0 Å². The average Bonchev–Trinajstić information content (AvgIpc) is 2.64. The first-order valence-corrected chi connectivity index (χ1v) is 9.06. The number of hydrogen-bond acceptors (Lipinski definition) is 3. The second kappa shape index (κ2) is 8.23. The normalized spacial score (nSPS) is 13.2. The van der Waals surface area contributed by atoms with Gasteiger partial charge in [0.05, 0.1) is 12.2 Å². The summed E-state index contributed by atoms with van der Waals surface area (Å²) in [5.74, 6) is 0.478. The standard InChI is InChI=1S/C20H21ClN2O3/c1-2-3-4-19(24)22-16-9-10-18-17(11-16)23(20(25)13-26-18)12-14-5-7-15(21)8-6-14/h5-11H,2-4,12-13H2,1H3,(H,22,24). The number of nitrogens with one attached hydrogen (secondary N) is 1. The first-order chi connectivity index (χ1) is 12.6. The number of carbonyl (C=O) groups is 2. The topological polar surface area (TPSA) is 58.6 Å². The summed E-state index contributed by atoms with van der Waals surface area (Å²) < 4.78 is 5.52. The molecule has 0 unspecified atom stereocenters. The minimum Gasteiger partial charge on any atom is -0.482 e. The van der Waals surface area contributed by atoms with Gasteiger partial charge in [0.2, 0.25) is 5.91 Å². The Bertz CT molecular complexity index is 805. The molecule has 0 spiro atoms. The first kappa shape index (κ1) is 18.3. The quantitative estimate of drug-likeness (QED) is 0.817. The van der Waals surface area contributed by atoms with Crippen LogP contribution in [0.1, 0.15) is 31.7 Å². The average molecular weight is 373 g/mol. The number of unbranched alkanes of at least 4 members (excludes halogenated alkanes) is 1. The highest BCUT2D eigenvalue weighted by Gasteiger charge is 2.26. The van der Waals surface area contributed by atoms with E-state index in [0.717, 1.165) is 18.4 Å². The van der Waals surface area contributed by atoms with Gasteiger partial charge in [-0.2, -0.15) is 0 Å². The van der Waals surface area contributed by atoms with Crippen LogP contribution in [0.2, 0.25) is 5.02 Å². The van der Waals surface area contributed by atoms with Crippen molar-refractivity contribution in [2.45, 2.75) is 32.7 Å². The molecule has 5 nitrogen and oxygen atoms in total. The van der Waals surface area contributed by atoms with Crippen LogP contribution in [0.15, 0.2) is 42.5 Å². The maximum atomic E-state index is 12.4. The zero-order valence-corrected chi connectivity index (χ0v) is 15.4. The summed E-state index contributed by atoms with van der Waals surface area (Å²) in [6.07, 6.45) is 2.30. The summed E-state index contributed by atoms with van der Waals surface area (Å²) in [4.78, 5) is 26.0. The largest absolute Gasteiger partial charge is 0.482 e. The van der Waals surface area contributed by atoms with Crippen LogP contribution in [0.25, 0.3) is 0 Å². The number of carbonyl (C=O) groups excluding carboxylic acids is 2. The Morgan fingerprint density at radius 1 is 1.23 bits per heavy atom. The summed E-state index contributed by atoms with van der Waals surface area (Å²) in [5.41, 5.74) is 2.28. The molecule has 0 bridgehead atoms. The van der Waals surface area contributed by atoms with Gasteiger partial charge in [0.25, 0.3) is 5.91 Å². The zero-order valence-electron chi connectivity index (χ0n) is 14.6. The van der Waals surface area contributed by atoms with Gasteiger partial charge < -0.3 is 15.0 Å². The number of halogens is 1. The Hall–Kier alpha value is -2.53. The third-order valence-corrected chi connectivity index (χ3v) is 4.45. The summed E-state index contributed by atoms with van der Waals surface area (Å²) >= 11 is 5.93. The van der Waals surface area contributed by atoms with Crippen molar-refractivity contribution in [1.29, 1.82) is 0 Å². The number of anilines is 2. The molecule has 2 amide bonds. The SMILES string of the molecule is CCCCC(=O)Nc1ccc2c(c1)N(Cc1ccc(Cl)cc1)C(=O)CO2. The van der Waals surface area contributed by atoms with Crippen LogP contribution in [-0.4, -0.2) is 18.4 Å². The van der Waals surface area contributed by atoms with Gasteiger partial charge in [-0.1, -0.05) is 37.1 Å². The van der Waals surface area contributed by atoms with E-state index in [1.165, 1.54) is 0 Å². The lowest BCUT2D eigenvalue weighted by Gasteiger charge is -2.30. The van der Waals surface area contributed by atoms with Crippen molar-refractivity contribution >= 4 is 34.8 Å². The van der Waals surface area contributed by atoms with Crippen LogP contribution in [0.5, 0.6) is 5.75 Å². The van der Waals surface area contributed by atoms with Crippen molar-refractivity contribution in [3.63, 3.8) is 0 Å². The molecular weight excluding hydrogens is 352 g/mol. The Kier molecular flexibility index (Phi) is 5.78. The Labute approximate surface area is 157 Å².